The lowest BCUT2D eigenvalue weighted by Gasteiger charge is -2.40. The van der Waals surface area contributed by atoms with Gasteiger partial charge in [0, 0.05) is 38.1 Å². The van der Waals surface area contributed by atoms with Gasteiger partial charge >= 0.3 is 6.03 Å². The first-order valence-corrected chi connectivity index (χ1v) is 11.8. The number of hydrogen-bond donors (Lipinski definition) is 2. The van der Waals surface area contributed by atoms with Crippen molar-refractivity contribution in [3.8, 4) is 0 Å². The number of amides is 2. The minimum atomic E-state index is -0.300. The first kappa shape index (κ1) is 21.2. The lowest BCUT2D eigenvalue weighted by molar-refractivity contribution is 0.151. The quantitative estimate of drug-likeness (QED) is 0.670. The molecular formula is C25H29FN4OS. The van der Waals surface area contributed by atoms with Crippen molar-refractivity contribution in [3.05, 3.63) is 66.0 Å². The van der Waals surface area contributed by atoms with Gasteiger partial charge < -0.3 is 20.4 Å². The molecule has 2 N–H and O–H groups in total. The number of nitrogens with one attached hydrogen (secondary N) is 2. The fourth-order valence-electron chi connectivity index (χ4n) is 5.13. The van der Waals surface area contributed by atoms with E-state index in [1.165, 1.54) is 11.6 Å². The largest absolute Gasteiger partial charge is 0.349 e. The Morgan fingerprint density at radius 1 is 0.969 bits per heavy atom. The Morgan fingerprint density at radius 3 is 2.34 bits per heavy atom. The van der Waals surface area contributed by atoms with Crippen molar-refractivity contribution in [1.29, 1.82) is 0 Å². The third kappa shape index (κ3) is 4.44. The highest BCUT2D eigenvalue weighted by atomic mass is 32.1. The molecule has 3 fully saturated rings. The van der Waals surface area contributed by atoms with Crippen molar-refractivity contribution in [2.75, 3.05) is 31.5 Å². The predicted molar refractivity (Wildman–Crippen MR) is 128 cm³/mol. The summed E-state index contributed by atoms with van der Waals surface area (Å²) in [6.45, 7) is 3.28. The lowest BCUT2D eigenvalue weighted by atomic mass is 9.78. The Hall–Kier alpha value is -2.67. The Balaban J connectivity index is 1.10. The standard InChI is InChI=1S/C25H29FN4OS/c26-20-8-4-5-9-21(20)28-24(32)29-13-10-25(11-14-29)12-15-30(17-25)23(31)27-22-16-19(22)18-6-2-1-3-7-18/h1-9,19,22H,10-17H2,(H,27,31)(H,28,32). The summed E-state index contributed by atoms with van der Waals surface area (Å²) in [5.74, 6) is 0.147. The van der Waals surface area contributed by atoms with Crippen molar-refractivity contribution in [2.45, 2.75) is 37.6 Å². The molecule has 5 rings (SSSR count). The predicted octanol–water partition coefficient (Wildman–Crippen LogP) is 4.58. The first-order chi connectivity index (χ1) is 15.5. The van der Waals surface area contributed by atoms with Crippen LogP contribution >= 0.6 is 12.2 Å². The number of piperidine rings is 1. The molecule has 0 aromatic heterocycles. The molecule has 2 atom stereocenters. The second kappa shape index (κ2) is 8.70. The van der Waals surface area contributed by atoms with E-state index in [0.29, 0.717) is 16.7 Å². The molecule has 5 nitrogen and oxygen atoms in total. The summed E-state index contributed by atoms with van der Waals surface area (Å²) in [6, 6.07) is 17.3. The molecule has 2 aromatic rings. The highest BCUT2D eigenvalue weighted by Gasteiger charge is 2.45. The highest BCUT2D eigenvalue weighted by molar-refractivity contribution is 7.80. The normalized spacial score (nSPS) is 23.8. The summed E-state index contributed by atoms with van der Waals surface area (Å²) in [4.78, 5) is 17.0. The van der Waals surface area contributed by atoms with E-state index in [1.54, 1.807) is 18.2 Å². The maximum Gasteiger partial charge on any atom is 0.317 e. The zero-order chi connectivity index (χ0) is 22.1. The average molecular weight is 453 g/mol. The average Bonchev–Trinajstić information content (AvgIpc) is 3.46. The maximum absolute atomic E-state index is 13.9. The number of anilines is 1. The summed E-state index contributed by atoms with van der Waals surface area (Å²) >= 11 is 5.52. The summed E-state index contributed by atoms with van der Waals surface area (Å²) in [5, 5.41) is 6.84. The van der Waals surface area contributed by atoms with Crippen LogP contribution in [0.15, 0.2) is 54.6 Å². The van der Waals surface area contributed by atoms with Crippen LogP contribution in [0.2, 0.25) is 0 Å². The Kier molecular flexibility index (Phi) is 5.76. The van der Waals surface area contributed by atoms with Gasteiger partial charge in [0.2, 0.25) is 0 Å². The van der Waals surface area contributed by atoms with Crippen LogP contribution in [0.4, 0.5) is 14.9 Å². The molecule has 168 valence electrons. The van der Waals surface area contributed by atoms with Crippen LogP contribution in [0.25, 0.3) is 0 Å². The van der Waals surface area contributed by atoms with Crippen LogP contribution in [0.5, 0.6) is 0 Å². The van der Waals surface area contributed by atoms with Gasteiger partial charge in [-0.15, -0.1) is 0 Å². The number of para-hydroxylation sites is 1. The number of urea groups is 1. The molecule has 2 aliphatic heterocycles. The van der Waals surface area contributed by atoms with Gasteiger partial charge in [-0.25, -0.2) is 9.18 Å². The minimum absolute atomic E-state index is 0.0736. The van der Waals surface area contributed by atoms with Crippen LogP contribution in [0, 0.1) is 11.2 Å². The second-order valence-corrected chi connectivity index (χ2v) is 9.76. The number of carbonyl (C=O) groups is 1. The molecule has 2 aromatic carbocycles. The summed E-state index contributed by atoms with van der Waals surface area (Å²) < 4.78 is 13.9. The highest BCUT2D eigenvalue weighted by Crippen LogP contribution is 2.43. The summed E-state index contributed by atoms with van der Waals surface area (Å²) in [5.41, 5.74) is 1.89. The third-order valence-corrected chi connectivity index (χ3v) is 7.64. The van der Waals surface area contributed by atoms with E-state index in [9.17, 15) is 9.18 Å². The van der Waals surface area contributed by atoms with Crippen LogP contribution < -0.4 is 10.6 Å². The van der Waals surface area contributed by atoms with Gasteiger partial charge in [-0.2, -0.15) is 0 Å². The molecule has 2 unspecified atom stereocenters. The van der Waals surface area contributed by atoms with Gasteiger partial charge in [-0.3, -0.25) is 0 Å². The van der Waals surface area contributed by atoms with Crippen molar-refractivity contribution in [1.82, 2.24) is 15.1 Å². The zero-order valence-corrected chi connectivity index (χ0v) is 18.9. The van der Waals surface area contributed by atoms with Gasteiger partial charge in [0.1, 0.15) is 5.82 Å². The number of carbonyl (C=O) groups excluding carboxylic acids is 1. The van der Waals surface area contributed by atoms with Crippen molar-refractivity contribution in [2.24, 2.45) is 5.41 Å². The smallest absolute Gasteiger partial charge is 0.317 e. The number of likely N-dealkylation sites (tertiary alicyclic amines) is 2. The maximum atomic E-state index is 13.9. The fraction of sp³-hybridized carbons (Fsp3) is 0.440. The van der Waals surface area contributed by atoms with Gasteiger partial charge in [0.15, 0.2) is 5.11 Å². The Labute approximate surface area is 194 Å². The SMILES string of the molecule is O=C(NC1CC1c1ccccc1)N1CCC2(CCN(C(=S)Nc3ccccc3F)CC2)C1. The molecule has 1 aliphatic carbocycles. The summed E-state index contributed by atoms with van der Waals surface area (Å²) in [7, 11) is 0. The molecule has 0 bridgehead atoms. The molecule has 0 radical (unpaired) electrons. The number of rotatable bonds is 3. The van der Waals surface area contributed by atoms with Gasteiger partial charge in [0.05, 0.1) is 5.69 Å². The molecule has 2 saturated heterocycles. The molecule has 32 heavy (non-hydrogen) atoms. The number of halogens is 1. The van der Waals surface area contributed by atoms with E-state index in [1.807, 2.05) is 11.0 Å². The van der Waals surface area contributed by atoms with Gasteiger partial charge in [-0.05, 0) is 61.0 Å². The second-order valence-electron chi connectivity index (χ2n) is 9.38. The van der Waals surface area contributed by atoms with Crippen LogP contribution in [-0.4, -0.2) is 53.2 Å². The van der Waals surface area contributed by atoms with E-state index in [4.69, 9.17) is 12.2 Å². The molecular weight excluding hydrogens is 423 g/mol. The minimum Gasteiger partial charge on any atom is -0.349 e. The lowest BCUT2D eigenvalue weighted by Crippen LogP contribution is -2.47. The van der Waals surface area contributed by atoms with Crippen LogP contribution in [0.1, 0.15) is 37.2 Å². The van der Waals surface area contributed by atoms with E-state index < -0.39 is 0 Å². The zero-order valence-electron chi connectivity index (χ0n) is 18.1. The molecule has 3 aliphatic rings. The molecule has 2 heterocycles. The Bertz CT molecular complexity index is 992. The molecule has 1 spiro atoms. The Morgan fingerprint density at radius 2 is 1.62 bits per heavy atom. The number of hydrogen-bond acceptors (Lipinski definition) is 2. The summed E-state index contributed by atoms with van der Waals surface area (Å²) in [6.07, 6.45) is 4.04. The molecule has 7 heteroatoms. The monoisotopic (exact) mass is 452 g/mol. The third-order valence-electron chi connectivity index (χ3n) is 7.28. The van der Waals surface area contributed by atoms with Crippen LogP contribution in [-0.2, 0) is 0 Å². The van der Waals surface area contributed by atoms with Crippen molar-refractivity contribution >= 4 is 29.0 Å². The van der Waals surface area contributed by atoms with Gasteiger partial charge in [0.25, 0.3) is 0 Å². The topological polar surface area (TPSA) is 47.6 Å². The van der Waals surface area contributed by atoms with Crippen molar-refractivity contribution in [3.63, 3.8) is 0 Å². The van der Waals surface area contributed by atoms with Gasteiger partial charge in [-0.1, -0.05) is 42.5 Å². The number of thiocarbonyl (C=S) groups is 1. The molecule has 2 amide bonds. The van der Waals surface area contributed by atoms with E-state index in [-0.39, 0.29) is 23.3 Å². The number of nitrogens with zero attached hydrogens (tertiary/aromatic N) is 2. The number of benzene rings is 2. The van der Waals surface area contributed by atoms with Crippen LogP contribution in [0.3, 0.4) is 0 Å². The molecule has 1 saturated carbocycles. The van der Waals surface area contributed by atoms with E-state index >= 15 is 0 Å². The fourth-order valence-corrected chi connectivity index (χ4v) is 5.42. The first-order valence-electron chi connectivity index (χ1n) is 11.4. The van der Waals surface area contributed by atoms with E-state index in [2.05, 4.69) is 39.8 Å². The van der Waals surface area contributed by atoms with E-state index in [0.717, 1.165) is 51.9 Å². The van der Waals surface area contributed by atoms with Crippen molar-refractivity contribution < 1.29 is 9.18 Å².